The fourth-order valence-corrected chi connectivity index (χ4v) is 2.58. The van der Waals surface area contributed by atoms with Crippen molar-refractivity contribution in [1.29, 1.82) is 5.26 Å². The van der Waals surface area contributed by atoms with E-state index in [9.17, 15) is 0 Å². The average Bonchev–Trinajstić information content (AvgIpc) is 2.92. The molecule has 1 aromatic carbocycles. The summed E-state index contributed by atoms with van der Waals surface area (Å²) in [5.41, 5.74) is 2.00. The van der Waals surface area contributed by atoms with Gasteiger partial charge >= 0.3 is 0 Å². The third-order valence-corrected chi connectivity index (χ3v) is 3.74. The number of benzene rings is 1. The maximum Gasteiger partial charge on any atom is 0.119 e. The van der Waals surface area contributed by atoms with E-state index in [0.29, 0.717) is 0 Å². The molecule has 19 heavy (non-hydrogen) atoms. The standard InChI is InChI=1S/C15H16N2OS/c1-18-14-4-2-3-12(7-14)5-6-17-10-15-8-13(9-16)11-19-15/h2-4,7-8,11,17H,5-6,10H2,1H3. The fourth-order valence-electron chi connectivity index (χ4n) is 1.80. The molecule has 0 radical (unpaired) electrons. The molecular formula is C15H16N2OS. The van der Waals surface area contributed by atoms with Crippen LogP contribution in [0, 0.1) is 11.3 Å². The van der Waals surface area contributed by atoms with Crippen LogP contribution in [0.4, 0.5) is 0 Å². The number of rotatable bonds is 6. The van der Waals surface area contributed by atoms with Crippen LogP contribution in [0.2, 0.25) is 0 Å². The van der Waals surface area contributed by atoms with Crippen molar-refractivity contribution < 1.29 is 4.74 Å². The first-order chi connectivity index (χ1) is 9.31. The third kappa shape index (κ3) is 4.09. The summed E-state index contributed by atoms with van der Waals surface area (Å²) in [6.07, 6.45) is 0.966. The van der Waals surface area contributed by atoms with Crippen LogP contribution in [0.5, 0.6) is 5.75 Å². The Morgan fingerprint density at radius 3 is 3.00 bits per heavy atom. The average molecular weight is 272 g/mol. The minimum absolute atomic E-state index is 0.745. The molecule has 0 aliphatic carbocycles. The Kier molecular flexibility index (Phi) is 4.96. The number of thiophene rings is 1. The van der Waals surface area contributed by atoms with Gasteiger partial charge in [-0.3, -0.25) is 0 Å². The van der Waals surface area contributed by atoms with Gasteiger partial charge in [0.25, 0.3) is 0 Å². The zero-order valence-electron chi connectivity index (χ0n) is 10.8. The molecule has 3 nitrogen and oxygen atoms in total. The predicted octanol–water partition coefficient (Wildman–Crippen LogP) is 2.96. The normalized spacial score (nSPS) is 10.1. The number of nitriles is 1. The van der Waals surface area contributed by atoms with Gasteiger partial charge in [0.2, 0.25) is 0 Å². The highest BCUT2D eigenvalue weighted by molar-refractivity contribution is 7.10. The first kappa shape index (κ1) is 13.6. The third-order valence-electron chi connectivity index (χ3n) is 2.81. The summed E-state index contributed by atoms with van der Waals surface area (Å²) in [6.45, 7) is 1.73. The van der Waals surface area contributed by atoms with Crippen molar-refractivity contribution in [3.63, 3.8) is 0 Å². The second kappa shape index (κ2) is 6.93. The molecule has 0 saturated heterocycles. The van der Waals surface area contributed by atoms with E-state index >= 15 is 0 Å². The van der Waals surface area contributed by atoms with Crippen molar-refractivity contribution in [2.24, 2.45) is 0 Å². The van der Waals surface area contributed by atoms with Crippen LogP contribution in [0.25, 0.3) is 0 Å². The summed E-state index contributed by atoms with van der Waals surface area (Å²) in [4.78, 5) is 1.20. The lowest BCUT2D eigenvalue weighted by Crippen LogP contribution is -2.15. The number of nitrogens with zero attached hydrogens (tertiary/aromatic N) is 1. The van der Waals surface area contributed by atoms with Crippen molar-refractivity contribution in [1.82, 2.24) is 5.32 Å². The van der Waals surface area contributed by atoms with Crippen LogP contribution in [0.15, 0.2) is 35.7 Å². The van der Waals surface area contributed by atoms with E-state index in [2.05, 4.69) is 23.5 Å². The predicted molar refractivity (Wildman–Crippen MR) is 77.4 cm³/mol. The van der Waals surface area contributed by atoms with E-state index in [4.69, 9.17) is 10.00 Å². The molecule has 98 valence electrons. The van der Waals surface area contributed by atoms with E-state index in [1.165, 1.54) is 10.4 Å². The van der Waals surface area contributed by atoms with Crippen LogP contribution in [0.3, 0.4) is 0 Å². The maximum atomic E-state index is 8.74. The molecule has 1 N–H and O–H groups in total. The lowest BCUT2D eigenvalue weighted by Gasteiger charge is -2.05. The number of hydrogen-bond acceptors (Lipinski definition) is 4. The summed E-state index contributed by atoms with van der Waals surface area (Å²) < 4.78 is 5.20. The van der Waals surface area contributed by atoms with E-state index in [1.54, 1.807) is 18.4 Å². The minimum Gasteiger partial charge on any atom is -0.497 e. The smallest absolute Gasteiger partial charge is 0.119 e. The second-order valence-corrected chi connectivity index (χ2v) is 5.19. The molecule has 0 saturated carbocycles. The molecule has 2 rings (SSSR count). The quantitative estimate of drug-likeness (QED) is 0.822. The lowest BCUT2D eigenvalue weighted by atomic mass is 10.1. The van der Waals surface area contributed by atoms with Crippen molar-refractivity contribution in [2.45, 2.75) is 13.0 Å². The summed E-state index contributed by atoms with van der Waals surface area (Å²) in [7, 11) is 1.68. The monoisotopic (exact) mass is 272 g/mol. The Bertz CT molecular complexity index is 572. The molecule has 0 fully saturated rings. The number of ether oxygens (including phenoxy) is 1. The van der Waals surface area contributed by atoms with Crippen molar-refractivity contribution in [3.8, 4) is 11.8 Å². The number of hydrogen-bond donors (Lipinski definition) is 1. The highest BCUT2D eigenvalue weighted by Gasteiger charge is 1.99. The summed E-state index contributed by atoms with van der Waals surface area (Å²) in [5, 5.41) is 14.0. The Balaban J connectivity index is 1.76. The molecule has 1 aromatic heterocycles. The molecule has 1 heterocycles. The number of methoxy groups -OCH3 is 1. The van der Waals surface area contributed by atoms with Gasteiger partial charge in [0.05, 0.1) is 12.7 Å². The SMILES string of the molecule is COc1cccc(CCNCc2cc(C#N)cs2)c1. The molecular weight excluding hydrogens is 256 g/mol. The van der Waals surface area contributed by atoms with Crippen molar-refractivity contribution in [2.75, 3.05) is 13.7 Å². The minimum atomic E-state index is 0.745. The van der Waals surface area contributed by atoms with Gasteiger partial charge in [0.1, 0.15) is 11.8 Å². The fraction of sp³-hybridized carbons (Fsp3) is 0.267. The van der Waals surface area contributed by atoms with Gasteiger partial charge in [-0.05, 0) is 36.7 Å². The Morgan fingerprint density at radius 2 is 2.26 bits per heavy atom. The molecule has 0 bridgehead atoms. The maximum absolute atomic E-state index is 8.74. The van der Waals surface area contributed by atoms with E-state index in [-0.39, 0.29) is 0 Å². The first-order valence-electron chi connectivity index (χ1n) is 6.13. The largest absolute Gasteiger partial charge is 0.497 e. The van der Waals surface area contributed by atoms with Crippen LogP contribution >= 0.6 is 11.3 Å². The molecule has 0 unspecified atom stereocenters. The van der Waals surface area contributed by atoms with Crippen LogP contribution in [0.1, 0.15) is 16.0 Å². The zero-order valence-corrected chi connectivity index (χ0v) is 11.7. The van der Waals surface area contributed by atoms with Gasteiger partial charge < -0.3 is 10.1 Å². The summed E-state index contributed by atoms with van der Waals surface area (Å²) in [5.74, 6) is 0.898. The van der Waals surface area contributed by atoms with E-state index in [1.807, 2.05) is 23.6 Å². The van der Waals surface area contributed by atoms with E-state index in [0.717, 1.165) is 30.8 Å². The Labute approximate surface area is 117 Å². The molecule has 0 aliphatic rings. The van der Waals surface area contributed by atoms with Crippen LogP contribution in [-0.4, -0.2) is 13.7 Å². The molecule has 2 aromatic rings. The van der Waals surface area contributed by atoms with Gasteiger partial charge in [0, 0.05) is 16.8 Å². The van der Waals surface area contributed by atoms with E-state index < -0.39 is 0 Å². The van der Waals surface area contributed by atoms with Gasteiger partial charge in [-0.2, -0.15) is 5.26 Å². The van der Waals surface area contributed by atoms with Gasteiger partial charge in [-0.15, -0.1) is 11.3 Å². The summed E-state index contributed by atoms with van der Waals surface area (Å²) >= 11 is 1.62. The Hall–Kier alpha value is -1.83. The Morgan fingerprint density at radius 1 is 1.37 bits per heavy atom. The molecule has 0 aliphatic heterocycles. The molecule has 0 atom stereocenters. The number of nitrogens with one attached hydrogen (secondary N) is 1. The highest BCUT2D eigenvalue weighted by Crippen LogP contribution is 2.14. The first-order valence-corrected chi connectivity index (χ1v) is 7.01. The van der Waals surface area contributed by atoms with Crippen LogP contribution < -0.4 is 10.1 Å². The van der Waals surface area contributed by atoms with Gasteiger partial charge in [-0.1, -0.05) is 12.1 Å². The zero-order chi connectivity index (χ0) is 13.5. The molecule has 0 spiro atoms. The van der Waals surface area contributed by atoms with Crippen molar-refractivity contribution in [3.05, 3.63) is 51.7 Å². The van der Waals surface area contributed by atoms with Gasteiger partial charge in [0.15, 0.2) is 0 Å². The highest BCUT2D eigenvalue weighted by atomic mass is 32.1. The van der Waals surface area contributed by atoms with Gasteiger partial charge in [-0.25, -0.2) is 0 Å². The van der Waals surface area contributed by atoms with Crippen molar-refractivity contribution >= 4 is 11.3 Å². The lowest BCUT2D eigenvalue weighted by molar-refractivity contribution is 0.414. The molecule has 4 heteroatoms. The van der Waals surface area contributed by atoms with Crippen LogP contribution in [-0.2, 0) is 13.0 Å². The molecule has 0 amide bonds. The second-order valence-electron chi connectivity index (χ2n) is 4.19. The summed E-state index contributed by atoms with van der Waals surface area (Å²) in [6, 6.07) is 12.2. The topological polar surface area (TPSA) is 45.0 Å².